The van der Waals surface area contributed by atoms with Gasteiger partial charge in [-0.3, -0.25) is 0 Å². The predicted molar refractivity (Wildman–Crippen MR) is 91.8 cm³/mol. The Morgan fingerprint density at radius 2 is 1.74 bits per heavy atom. The van der Waals surface area contributed by atoms with Crippen LogP contribution in [0, 0.1) is 5.92 Å². The fraction of sp³-hybridized carbons (Fsp3) is 0.700. The van der Waals surface area contributed by atoms with Crippen LogP contribution in [-0.2, 0) is 27.4 Å². The largest absolute Gasteiger partial charge is 0.380 e. The molecular weight excluding hydrogens is 288 g/mol. The molecule has 0 bridgehead atoms. The summed E-state index contributed by atoms with van der Waals surface area (Å²) in [7, 11) is 3.55. The zero-order valence-electron chi connectivity index (χ0n) is 14.9. The van der Waals surface area contributed by atoms with Gasteiger partial charge in [0.25, 0.3) is 0 Å². The van der Waals surface area contributed by atoms with Crippen LogP contribution in [0.15, 0.2) is 12.1 Å². The number of ether oxygens (including phenoxy) is 3. The first kappa shape index (κ1) is 16.9. The Morgan fingerprint density at radius 3 is 2.22 bits per heavy atom. The molecule has 3 rings (SSSR count). The SMILES string of the molecule is COCc1cc(C2CCCC3COC32)cc(COC)c1C(C)C. The van der Waals surface area contributed by atoms with E-state index in [2.05, 4.69) is 26.0 Å². The van der Waals surface area contributed by atoms with Gasteiger partial charge in [0.15, 0.2) is 0 Å². The van der Waals surface area contributed by atoms with Crippen LogP contribution in [0.4, 0.5) is 0 Å². The van der Waals surface area contributed by atoms with Crippen LogP contribution in [0.2, 0.25) is 0 Å². The zero-order valence-corrected chi connectivity index (χ0v) is 14.9. The molecule has 1 aromatic rings. The van der Waals surface area contributed by atoms with Crippen LogP contribution in [0.5, 0.6) is 0 Å². The highest BCUT2D eigenvalue weighted by Crippen LogP contribution is 2.44. The lowest BCUT2D eigenvalue weighted by Gasteiger charge is -2.46. The molecule has 128 valence electrons. The summed E-state index contributed by atoms with van der Waals surface area (Å²) in [5.74, 6) is 1.78. The quantitative estimate of drug-likeness (QED) is 0.779. The van der Waals surface area contributed by atoms with E-state index in [4.69, 9.17) is 14.2 Å². The van der Waals surface area contributed by atoms with Crippen molar-refractivity contribution in [3.05, 3.63) is 34.4 Å². The molecule has 0 aromatic heterocycles. The van der Waals surface area contributed by atoms with Gasteiger partial charge in [-0.05, 0) is 41.0 Å². The molecule has 3 nitrogen and oxygen atoms in total. The van der Waals surface area contributed by atoms with E-state index in [1.807, 2.05) is 0 Å². The van der Waals surface area contributed by atoms with E-state index in [9.17, 15) is 0 Å². The first-order chi connectivity index (χ1) is 11.2. The second kappa shape index (κ2) is 7.33. The van der Waals surface area contributed by atoms with Gasteiger partial charge in [-0.1, -0.05) is 32.4 Å². The lowest BCUT2D eigenvalue weighted by molar-refractivity contribution is -0.145. The summed E-state index contributed by atoms with van der Waals surface area (Å²) in [6.45, 7) is 6.79. The smallest absolute Gasteiger partial charge is 0.0716 e. The van der Waals surface area contributed by atoms with E-state index >= 15 is 0 Å². The summed E-state index contributed by atoms with van der Waals surface area (Å²) in [5, 5.41) is 0. The molecule has 0 radical (unpaired) electrons. The Labute approximate surface area is 140 Å². The topological polar surface area (TPSA) is 27.7 Å². The third-order valence-electron chi connectivity index (χ3n) is 5.43. The Kier molecular flexibility index (Phi) is 5.40. The van der Waals surface area contributed by atoms with E-state index in [1.165, 1.54) is 41.5 Å². The van der Waals surface area contributed by atoms with Crippen LogP contribution in [0.1, 0.15) is 67.2 Å². The molecule has 1 aliphatic heterocycles. The second-order valence-corrected chi connectivity index (χ2v) is 7.37. The van der Waals surface area contributed by atoms with Gasteiger partial charge in [-0.25, -0.2) is 0 Å². The van der Waals surface area contributed by atoms with Gasteiger partial charge in [0.1, 0.15) is 0 Å². The van der Waals surface area contributed by atoms with Crippen LogP contribution in [-0.4, -0.2) is 26.9 Å². The predicted octanol–water partition coefficient (Wildman–Crippen LogP) is 4.39. The van der Waals surface area contributed by atoms with Crippen molar-refractivity contribution in [3.8, 4) is 0 Å². The molecule has 2 fully saturated rings. The minimum absolute atomic E-state index is 0.430. The monoisotopic (exact) mass is 318 g/mol. The molecule has 1 aromatic carbocycles. The van der Waals surface area contributed by atoms with Crippen LogP contribution >= 0.6 is 0 Å². The summed E-state index contributed by atoms with van der Waals surface area (Å²) < 4.78 is 16.9. The minimum Gasteiger partial charge on any atom is -0.380 e. The van der Waals surface area contributed by atoms with Crippen molar-refractivity contribution >= 4 is 0 Å². The van der Waals surface area contributed by atoms with E-state index < -0.39 is 0 Å². The molecule has 23 heavy (non-hydrogen) atoms. The first-order valence-electron chi connectivity index (χ1n) is 8.90. The molecule has 1 aliphatic carbocycles. The maximum absolute atomic E-state index is 5.92. The molecule has 1 saturated carbocycles. The van der Waals surface area contributed by atoms with Crippen molar-refractivity contribution in [1.29, 1.82) is 0 Å². The third-order valence-corrected chi connectivity index (χ3v) is 5.43. The van der Waals surface area contributed by atoms with Gasteiger partial charge in [-0.15, -0.1) is 0 Å². The molecule has 0 spiro atoms. The average molecular weight is 318 g/mol. The van der Waals surface area contributed by atoms with Crippen molar-refractivity contribution in [1.82, 2.24) is 0 Å². The Morgan fingerprint density at radius 1 is 1.09 bits per heavy atom. The summed E-state index contributed by atoms with van der Waals surface area (Å²) in [5.41, 5.74) is 5.43. The summed E-state index contributed by atoms with van der Waals surface area (Å²) in [6.07, 6.45) is 4.32. The highest BCUT2D eigenvalue weighted by Gasteiger charge is 2.41. The summed E-state index contributed by atoms with van der Waals surface area (Å²) in [4.78, 5) is 0. The number of rotatable bonds is 6. The molecule has 3 atom stereocenters. The van der Waals surface area contributed by atoms with Crippen molar-refractivity contribution < 1.29 is 14.2 Å². The maximum Gasteiger partial charge on any atom is 0.0716 e. The summed E-state index contributed by atoms with van der Waals surface area (Å²) >= 11 is 0. The standard InChI is InChI=1S/C20H30O3/c1-13(2)19-16(10-21-3)8-15(9-17(19)11-22-4)18-7-5-6-14-12-23-20(14)18/h8-9,13-14,18,20H,5-7,10-12H2,1-4H3. The van der Waals surface area contributed by atoms with Gasteiger partial charge in [0, 0.05) is 26.1 Å². The fourth-order valence-electron chi connectivity index (χ4n) is 4.47. The van der Waals surface area contributed by atoms with Crippen molar-refractivity contribution in [3.63, 3.8) is 0 Å². The molecule has 3 unspecified atom stereocenters. The molecule has 3 heteroatoms. The van der Waals surface area contributed by atoms with Crippen molar-refractivity contribution in [2.45, 2.75) is 64.3 Å². The molecule has 0 N–H and O–H groups in total. The third kappa shape index (κ3) is 3.33. The first-order valence-corrected chi connectivity index (χ1v) is 8.90. The van der Waals surface area contributed by atoms with Gasteiger partial charge < -0.3 is 14.2 Å². The Bertz CT molecular complexity index is 511. The van der Waals surface area contributed by atoms with Gasteiger partial charge in [-0.2, -0.15) is 0 Å². The Hall–Kier alpha value is -0.900. The fourth-order valence-corrected chi connectivity index (χ4v) is 4.47. The number of hydrogen-bond acceptors (Lipinski definition) is 3. The van der Waals surface area contributed by atoms with E-state index in [-0.39, 0.29) is 0 Å². The van der Waals surface area contributed by atoms with E-state index in [0.29, 0.717) is 31.2 Å². The molecular formula is C20H30O3. The number of hydrogen-bond donors (Lipinski definition) is 0. The number of methoxy groups -OCH3 is 2. The maximum atomic E-state index is 5.92. The van der Waals surface area contributed by atoms with Crippen molar-refractivity contribution in [2.24, 2.45) is 5.92 Å². The Balaban J connectivity index is 1.99. The van der Waals surface area contributed by atoms with Gasteiger partial charge >= 0.3 is 0 Å². The highest BCUT2D eigenvalue weighted by atomic mass is 16.5. The molecule has 2 aliphatic rings. The van der Waals surface area contributed by atoms with Crippen molar-refractivity contribution in [2.75, 3.05) is 20.8 Å². The number of benzene rings is 1. The summed E-state index contributed by atoms with van der Waals surface area (Å²) in [6, 6.07) is 4.74. The zero-order chi connectivity index (χ0) is 16.4. The van der Waals surface area contributed by atoms with Gasteiger partial charge in [0.05, 0.1) is 25.9 Å². The van der Waals surface area contributed by atoms with E-state index in [0.717, 1.165) is 12.5 Å². The van der Waals surface area contributed by atoms with E-state index in [1.54, 1.807) is 14.2 Å². The minimum atomic E-state index is 0.430. The van der Waals surface area contributed by atoms with Crippen LogP contribution in [0.3, 0.4) is 0 Å². The molecule has 0 amide bonds. The normalized spacial score (nSPS) is 26.9. The lowest BCUT2D eigenvalue weighted by atomic mass is 9.72. The van der Waals surface area contributed by atoms with Gasteiger partial charge in [0.2, 0.25) is 0 Å². The van der Waals surface area contributed by atoms with Crippen LogP contribution < -0.4 is 0 Å². The molecule has 1 saturated heterocycles. The highest BCUT2D eigenvalue weighted by molar-refractivity contribution is 5.43. The average Bonchev–Trinajstić information content (AvgIpc) is 2.48. The molecule has 1 heterocycles. The number of fused-ring (bicyclic) bond motifs is 1. The van der Waals surface area contributed by atoms with Crippen LogP contribution in [0.25, 0.3) is 0 Å². The lowest BCUT2D eigenvalue weighted by Crippen LogP contribution is -2.46. The second-order valence-electron chi connectivity index (χ2n) is 7.37.